The van der Waals surface area contributed by atoms with Gasteiger partial charge in [0.05, 0.1) is 6.20 Å². The molecule has 0 bridgehead atoms. The van der Waals surface area contributed by atoms with Crippen molar-refractivity contribution in [3.8, 4) is 0 Å². The number of pyridine rings is 1. The molecule has 0 aliphatic carbocycles. The molecule has 20 heavy (non-hydrogen) atoms. The van der Waals surface area contributed by atoms with Crippen molar-refractivity contribution in [1.29, 1.82) is 0 Å². The molecule has 5 nitrogen and oxygen atoms in total. The van der Waals surface area contributed by atoms with Crippen LogP contribution >= 0.6 is 0 Å². The molecule has 1 saturated heterocycles. The van der Waals surface area contributed by atoms with Crippen molar-refractivity contribution >= 4 is 11.6 Å². The average Bonchev–Trinajstić information content (AvgIpc) is 2.49. The fourth-order valence-electron chi connectivity index (χ4n) is 2.70. The molecule has 2 aromatic heterocycles. The highest BCUT2D eigenvalue weighted by atomic mass is 15.1. The molecule has 0 aromatic carbocycles. The Balaban J connectivity index is 1.75. The summed E-state index contributed by atoms with van der Waals surface area (Å²) in [5.41, 5.74) is 1.35. The third-order valence-electron chi connectivity index (χ3n) is 3.70. The molecule has 2 aromatic rings. The van der Waals surface area contributed by atoms with Gasteiger partial charge in [0.15, 0.2) is 0 Å². The molecule has 0 saturated carbocycles. The number of hydrogen-bond donors (Lipinski definition) is 1. The molecule has 0 unspecified atom stereocenters. The fraction of sp³-hybridized carbons (Fsp3) is 0.400. The maximum atomic E-state index is 4.36. The smallest absolute Gasteiger partial charge is 0.150 e. The van der Waals surface area contributed by atoms with E-state index >= 15 is 0 Å². The number of likely N-dealkylation sites (N-methyl/N-ethyl adjacent to an activating group) is 1. The molecule has 3 rings (SSSR count). The van der Waals surface area contributed by atoms with Crippen molar-refractivity contribution in [2.24, 2.45) is 0 Å². The highest BCUT2D eigenvalue weighted by Gasteiger charge is 2.19. The van der Waals surface area contributed by atoms with Gasteiger partial charge in [-0.1, -0.05) is 0 Å². The largest absolute Gasteiger partial charge is 0.324 e. The standard InChI is InChI=1S/C15H19N5/c1-20-8-2-3-13(11-20)12-4-5-17-14(9-12)19-15-10-16-6-7-18-15/h4-7,9-10,13H,2-3,8,11H2,1H3,(H,17,18,19)/t13-/m0/s1. The quantitative estimate of drug-likeness (QED) is 0.927. The van der Waals surface area contributed by atoms with Gasteiger partial charge < -0.3 is 10.2 Å². The van der Waals surface area contributed by atoms with Gasteiger partial charge in [0.1, 0.15) is 11.6 Å². The van der Waals surface area contributed by atoms with E-state index < -0.39 is 0 Å². The maximum absolute atomic E-state index is 4.36. The van der Waals surface area contributed by atoms with E-state index in [2.05, 4.69) is 44.3 Å². The number of piperidine rings is 1. The van der Waals surface area contributed by atoms with Crippen LogP contribution in [0.1, 0.15) is 24.3 Å². The molecular formula is C15H19N5. The first kappa shape index (κ1) is 13.0. The first-order valence-corrected chi connectivity index (χ1v) is 6.99. The van der Waals surface area contributed by atoms with Crippen LogP contribution in [0.25, 0.3) is 0 Å². The van der Waals surface area contributed by atoms with Crippen LogP contribution in [0.2, 0.25) is 0 Å². The molecule has 5 heteroatoms. The fourth-order valence-corrected chi connectivity index (χ4v) is 2.70. The SMILES string of the molecule is CN1CCC[C@H](c2ccnc(Nc3cnccn3)c2)C1. The highest BCUT2D eigenvalue weighted by molar-refractivity contribution is 5.51. The van der Waals surface area contributed by atoms with E-state index in [-0.39, 0.29) is 0 Å². The Morgan fingerprint density at radius 1 is 1.20 bits per heavy atom. The van der Waals surface area contributed by atoms with Crippen molar-refractivity contribution in [3.05, 3.63) is 42.5 Å². The molecule has 3 heterocycles. The Morgan fingerprint density at radius 2 is 2.10 bits per heavy atom. The predicted octanol–water partition coefficient (Wildman–Crippen LogP) is 2.42. The van der Waals surface area contributed by atoms with Gasteiger partial charge >= 0.3 is 0 Å². The second-order valence-electron chi connectivity index (χ2n) is 5.29. The van der Waals surface area contributed by atoms with Crippen LogP contribution in [0.15, 0.2) is 36.9 Å². The zero-order valence-electron chi connectivity index (χ0n) is 11.7. The van der Waals surface area contributed by atoms with Crippen LogP contribution in [-0.4, -0.2) is 40.0 Å². The van der Waals surface area contributed by atoms with Gasteiger partial charge in [-0.05, 0) is 50.0 Å². The van der Waals surface area contributed by atoms with Crippen LogP contribution in [0.3, 0.4) is 0 Å². The summed E-state index contributed by atoms with van der Waals surface area (Å²) in [6, 6.07) is 4.24. The Labute approximate surface area is 119 Å². The Hall–Kier alpha value is -2.01. The third-order valence-corrected chi connectivity index (χ3v) is 3.70. The number of nitrogens with zero attached hydrogens (tertiary/aromatic N) is 4. The molecule has 104 valence electrons. The maximum Gasteiger partial charge on any atom is 0.150 e. The molecule has 0 amide bonds. The molecule has 1 fully saturated rings. The van der Waals surface area contributed by atoms with Crippen molar-refractivity contribution in [3.63, 3.8) is 0 Å². The number of likely N-dealkylation sites (tertiary alicyclic amines) is 1. The second kappa shape index (κ2) is 5.96. The summed E-state index contributed by atoms with van der Waals surface area (Å²) in [5.74, 6) is 2.15. The Morgan fingerprint density at radius 3 is 2.90 bits per heavy atom. The van der Waals surface area contributed by atoms with Crippen molar-refractivity contribution in [1.82, 2.24) is 19.9 Å². The summed E-state index contributed by atoms with van der Waals surface area (Å²) in [6.07, 6.45) is 9.40. The van der Waals surface area contributed by atoms with E-state index in [1.165, 1.54) is 24.9 Å². The van der Waals surface area contributed by atoms with Crippen LogP contribution in [0.5, 0.6) is 0 Å². The van der Waals surface area contributed by atoms with E-state index in [0.29, 0.717) is 5.92 Å². The topological polar surface area (TPSA) is 53.9 Å². The van der Waals surface area contributed by atoms with Gasteiger partial charge in [-0.25, -0.2) is 9.97 Å². The minimum atomic E-state index is 0.596. The van der Waals surface area contributed by atoms with Crippen LogP contribution < -0.4 is 5.32 Å². The van der Waals surface area contributed by atoms with E-state index in [1.807, 2.05) is 6.20 Å². The Kier molecular flexibility index (Phi) is 3.87. The summed E-state index contributed by atoms with van der Waals surface area (Å²) in [5, 5.41) is 3.20. The lowest BCUT2D eigenvalue weighted by atomic mass is 9.91. The number of aromatic nitrogens is 3. The lowest BCUT2D eigenvalue weighted by molar-refractivity contribution is 0.251. The first-order valence-electron chi connectivity index (χ1n) is 6.99. The molecular weight excluding hydrogens is 250 g/mol. The Bertz CT molecular complexity index is 557. The molecule has 0 radical (unpaired) electrons. The van der Waals surface area contributed by atoms with Gasteiger partial charge in [-0.3, -0.25) is 4.98 Å². The van der Waals surface area contributed by atoms with Gasteiger partial charge in [0.25, 0.3) is 0 Å². The highest BCUT2D eigenvalue weighted by Crippen LogP contribution is 2.27. The lowest BCUT2D eigenvalue weighted by Gasteiger charge is -2.30. The van der Waals surface area contributed by atoms with Gasteiger partial charge in [0, 0.05) is 25.1 Å². The lowest BCUT2D eigenvalue weighted by Crippen LogP contribution is -2.30. The monoisotopic (exact) mass is 269 g/mol. The van der Waals surface area contributed by atoms with Crippen LogP contribution in [0.4, 0.5) is 11.6 Å². The summed E-state index contributed by atoms with van der Waals surface area (Å²) in [7, 11) is 2.19. The molecule has 1 atom stereocenters. The van der Waals surface area contributed by atoms with Crippen LogP contribution in [-0.2, 0) is 0 Å². The normalized spacial score (nSPS) is 19.8. The van der Waals surface area contributed by atoms with Crippen molar-refractivity contribution < 1.29 is 0 Å². The van der Waals surface area contributed by atoms with Crippen molar-refractivity contribution in [2.75, 3.05) is 25.5 Å². The van der Waals surface area contributed by atoms with E-state index in [1.54, 1.807) is 18.6 Å². The number of nitrogens with one attached hydrogen (secondary N) is 1. The molecule has 1 aliphatic heterocycles. The molecule has 0 spiro atoms. The minimum absolute atomic E-state index is 0.596. The summed E-state index contributed by atoms with van der Waals surface area (Å²) >= 11 is 0. The number of hydrogen-bond acceptors (Lipinski definition) is 5. The van der Waals surface area contributed by atoms with E-state index in [4.69, 9.17) is 0 Å². The van der Waals surface area contributed by atoms with Crippen LogP contribution in [0, 0.1) is 0 Å². The number of rotatable bonds is 3. The van der Waals surface area contributed by atoms with E-state index in [9.17, 15) is 0 Å². The van der Waals surface area contributed by atoms with Crippen molar-refractivity contribution in [2.45, 2.75) is 18.8 Å². The summed E-state index contributed by atoms with van der Waals surface area (Å²) in [4.78, 5) is 15.0. The average molecular weight is 269 g/mol. The first-order chi connectivity index (χ1) is 9.81. The van der Waals surface area contributed by atoms with Gasteiger partial charge in [0.2, 0.25) is 0 Å². The van der Waals surface area contributed by atoms with Gasteiger partial charge in [-0.15, -0.1) is 0 Å². The summed E-state index contributed by atoms with van der Waals surface area (Å²) < 4.78 is 0. The van der Waals surface area contributed by atoms with Gasteiger partial charge in [-0.2, -0.15) is 0 Å². The number of anilines is 2. The summed E-state index contributed by atoms with van der Waals surface area (Å²) in [6.45, 7) is 2.32. The zero-order chi connectivity index (χ0) is 13.8. The molecule has 1 aliphatic rings. The minimum Gasteiger partial charge on any atom is -0.324 e. The van der Waals surface area contributed by atoms with E-state index in [0.717, 1.165) is 18.2 Å². The predicted molar refractivity (Wildman–Crippen MR) is 79.0 cm³/mol. The second-order valence-corrected chi connectivity index (χ2v) is 5.29. The zero-order valence-corrected chi connectivity index (χ0v) is 11.7. The third kappa shape index (κ3) is 3.11. The molecule has 1 N–H and O–H groups in total.